The number of carbonyl (C=O) groups excluding carboxylic acids is 3. The van der Waals surface area contributed by atoms with E-state index in [2.05, 4.69) is 26.6 Å². The first-order valence-electron chi connectivity index (χ1n) is 11.6. The molecule has 10 heteroatoms. The maximum Gasteiger partial charge on any atom is 0.325 e. The highest BCUT2D eigenvalue weighted by Gasteiger charge is 2.47. The number of anilines is 1. The molecule has 3 aromatic carbocycles. The molecule has 1 saturated heterocycles. The lowest BCUT2D eigenvalue weighted by Gasteiger charge is -2.30. The topological polar surface area (TPSA) is 108 Å². The Kier molecular flexibility index (Phi) is 8.48. The predicted molar refractivity (Wildman–Crippen MR) is 144 cm³/mol. The Morgan fingerprint density at radius 3 is 2.49 bits per heavy atom. The standard InChI is InChI=1S/C27H25BrClN3O5/c1-16(17-5-3-2-4-6-17)24(25(34)30-22-12-9-19(28)15-21(22)29)32-26(35)23(31-27(32)36)18-7-10-20(11-8-18)37-14-13-33/h2-12,15-16,23-24,33H,13-14H2,1H3,(H,30,34)(H,31,36)/t16-,23+,24-/m0/s1. The molecule has 4 rings (SSSR count). The number of hydrogen-bond acceptors (Lipinski definition) is 5. The van der Waals surface area contributed by atoms with E-state index in [-0.39, 0.29) is 13.2 Å². The van der Waals surface area contributed by atoms with E-state index >= 15 is 0 Å². The molecule has 0 radical (unpaired) electrons. The molecule has 0 saturated carbocycles. The molecule has 0 unspecified atom stereocenters. The Labute approximate surface area is 227 Å². The van der Waals surface area contributed by atoms with Crippen LogP contribution in [0.2, 0.25) is 5.02 Å². The van der Waals surface area contributed by atoms with Crippen molar-refractivity contribution in [3.63, 3.8) is 0 Å². The summed E-state index contributed by atoms with van der Waals surface area (Å²) in [5.74, 6) is -1.08. The highest BCUT2D eigenvalue weighted by molar-refractivity contribution is 9.10. The van der Waals surface area contributed by atoms with E-state index in [9.17, 15) is 14.4 Å². The molecule has 1 fully saturated rings. The predicted octanol–water partition coefficient (Wildman–Crippen LogP) is 4.88. The third kappa shape index (κ3) is 5.95. The highest BCUT2D eigenvalue weighted by Crippen LogP contribution is 2.33. The van der Waals surface area contributed by atoms with Gasteiger partial charge in [0.15, 0.2) is 0 Å². The summed E-state index contributed by atoms with van der Waals surface area (Å²) in [6.07, 6.45) is 0. The molecule has 1 aliphatic rings. The van der Waals surface area contributed by atoms with Gasteiger partial charge in [-0.3, -0.25) is 9.59 Å². The van der Waals surface area contributed by atoms with Crippen LogP contribution >= 0.6 is 27.5 Å². The number of urea groups is 1. The summed E-state index contributed by atoms with van der Waals surface area (Å²) in [6, 6.07) is 18.1. The molecule has 0 bridgehead atoms. The van der Waals surface area contributed by atoms with Crippen LogP contribution in [0.4, 0.5) is 10.5 Å². The largest absolute Gasteiger partial charge is 0.491 e. The SMILES string of the molecule is C[C@@H](c1ccccc1)[C@@H](C(=O)Nc1ccc(Br)cc1Cl)N1C(=O)N[C@H](c2ccc(OCCO)cc2)C1=O. The lowest BCUT2D eigenvalue weighted by Crippen LogP contribution is -2.50. The van der Waals surface area contributed by atoms with Crippen LogP contribution in [0.25, 0.3) is 0 Å². The van der Waals surface area contributed by atoms with Crippen molar-refractivity contribution >= 4 is 51.1 Å². The number of carbonyl (C=O) groups is 3. The van der Waals surface area contributed by atoms with Gasteiger partial charge in [0.25, 0.3) is 5.91 Å². The van der Waals surface area contributed by atoms with Crippen LogP contribution in [-0.4, -0.2) is 47.1 Å². The molecule has 0 aromatic heterocycles. The normalized spacial score (nSPS) is 16.8. The van der Waals surface area contributed by atoms with Gasteiger partial charge in [-0.25, -0.2) is 9.69 Å². The number of halogens is 2. The van der Waals surface area contributed by atoms with Gasteiger partial charge < -0.3 is 20.5 Å². The number of nitrogens with one attached hydrogen (secondary N) is 2. The fourth-order valence-electron chi connectivity index (χ4n) is 4.21. The Balaban J connectivity index is 1.64. The lowest BCUT2D eigenvalue weighted by atomic mass is 9.91. The monoisotopic (exact) mass is 585 g/mol. The third-order valence-corrected chi connectivity index (χ3v) is 6.89. The minimum Gasteiger partial charge on any atom is -0.491 e. The van der Waals surface area contributed by atoms with E-state index in [0.29, 0.717) is 22.0 Å². The van der Waals surface area contributed by atoms with Crippen molar-refractivity contribution in [2.45, 2.75) is 24.9 Å². The fraction of sp³-hybridized carbons (Fsp3) is 0.222. The second-order valence-corrected chi connectivity index (χ2v) is 9.81. The van der Waals surface area contributed by atoms with Crippen LogP contribution in [0.15, 0.2) is 77.3 Å². The molecular formula is C27H25BrClN3O5. The van der Waals surface area contributed by atoms with Crippen molar-refractivity contribution in [3.05, 3.63) is 93.4 Å². The summed E-state index contributed by atoms with van der Waals surface area (Å²) in [5, 5.41) is 14.7. The molecule has 0 spiro atoms. The van der Waals surface area contributed by atoms with Crippen LogP contribution < -0.4 is 15.4 Å². The van der Waals surface area contributed by atoms with Gasteiger partial charge in [0.05, 0.1) is 17.3 Å². The quantitative estimate of drug-likeness (QED) is 0.310. The van der Waals surface area contributed by atoms with E-state index in [1.165, 1.54) is 0 Å². The number of rotatable bonds is 9. The van der Waals surface area contributed by atoms with E-state index in [1.54, 1.807) is 49.4 Å². The first-order valence-corrected chi connectivity index (χ1v) is 12.7. The number of imide groups is 1. The zero-order valence-electron chi connectivity index (χ0n) is 19.9. The van der Waals surface area contributed by atoms with Crippen LogP contribution in [0.5, 0.6) is 5.75 Å². The summed E-state index contributed by atoms with van der Waals surface area (Å²) in [5.41, 5.74) is 1.70. The first-order chi connectivity index (χ1) is 17.8. The summed E-state index contributed by atoms with van der Waals surface area (Å²) >= 11 is 9.65. The van der Waals surface area contributed by atoms with E-state index < -0.39 is 35.8 Å². The minimum atomic E-state index is -1.15. The summed E-state index contributed by atoms with van der Waals surface area (Å²) in [6.45, 7) is 1.81. The third-order valence-electron chi connectivity index (χ3n) is 6.08. The number of amides is 4. The van der Waals surface area contributed by atoms with Crippen LogP contribution in [0.3, 0.4) is 0 Å². The van der Waals surface area contributed by atoms with Crippen LogP contribution in [0, 0.1) is 0 Å². The Hall–Kier alpha value is -3.40. The molecule has 4 amide bonds. The van der Waals surface area contributed by atoms with Crippen molar-refractivity contribution in [1.29, 1.82) is 0 Å². The van der Waals surface area contributed by atoms with Gasteiger partial charge in [0.2, 0.25) is 5.91 Å². The van der Waals surface area contributed by atoms with Crippen molar-refractivity contribution < 1.29 is 24.2 Å². The molecule has 192 valence electrons. The Morgan fingerprint density at radius 1 is 1.14 bits per heavy atom. The number of hydrogen-bond donors (Lipinski definition) is 3. The van der Waals surface area contributed by atoms with E-state index in [0.717, 1.165) is 14.9 Å². The fourth-order valence-corrected chi connectivity index (χ4v) is 4.93. The molecule has 1 heterocycles. The zero-order chi connectivity index (χ0) is 26.5. The zero-order valence-corrected chi connectivity index (χ0v) is 22.2. The van der Waals surface area contributed by atoms with Gasteiger partial charge in [-0.05, 0) is 41.5 Å². The Bertz CT molecular complexity index is 1290. The second-order valence-electron chi connectivity index (χ2n) is 8.49. The van der Waals surface area contributed by atoms with Gasteiger partial charge in [-0.2, -0.15) is 0 Å². The van der Waals surface area contributed by atoms with Crippen molar-refractivity contribution in [1.82, 2.24) is 10.2 Å². The molecule has 1 aliphatic heterocycles. The number of aliphatic hydroxyl groups excluding tert-OH is 1. The highest BCUT2D eigenvalue weighted by atomic mass is 79.9. The van der Waals surface area contributed by atoms with Crippen LogP contribution in [-0.2, 0) is 9.59 Å². The van der Waals surface area contributed by atoms with Crippen molar-refractivity contribution in [2.75, 3.05) is 18.5 Å². The average Bonchev–Trinajstić information content (AvgIpc) is 3.19. The van der Waals surface area contributed by atoms with Crippen molar-refractivity contribution in [2.24, 2.45) is 0 Å². The van der Waals surface area contributed by atoms with Gasteiger partial charge in [-0.15, -0.1) is 0 Å². The maximum absolute atomic E-state index is 13.6. The minimum absolute atomic E-state index is 0.123. The Morgan fingerprint density at radius 2 is 1.84 bits per heavy atom. The smallest absolute Gasteiger partial charge is 0.325 e. The van der Waals surface area contributed by atoms with E-state index in [4.69, 9.17) is 21.4 Å². The number of ether oxygens (including phenoxy) is 1. The summed E-state index contributed by atoms with van der Waals surface area (Å²) in [7, 11) is 0. The summed E-state index contributed by atoms with van der Waals surface area (Å²) in [4.78, 5) is 41.4. The molecule has 3 atom stereocenters. The average molecular weight is 587 g/mol. The molecule has 3 N–H and O–H groups in total. The van der Waals surface area contributed by atoms with E-state index in [1.807, 2.05) is 30.3 Å². The van der Waals surface area contributed by atoms with Gasteiger partial charge >= 0.3 is 6.03 Å². The van der Waals surface area contributed by atoms with Gasteiger partial charge in [0, 0.05) is 10.4 Å². The summed E-state index contributed by atoms with van der Waals surface area (Å²) < 4.78 is 6.11. The maximum atomic E-state index is 13.6. The van der Waals surface area contributed by atoms with Crippen LogP contribution in [0.1, 0.15) is 30.0 Å². The van der Waals surface area contributed by atoms with Crippen molar-refractivity contribution in [3.8, 4) is 5.75 Å². The molecule has 3 aromatic rings. The number of nitrogens with zero attached hydrogens (tertiary/aromatic N) is 1. The molecular weight excluding hydrogens is 562 g/mol. The molecule has 0 aliphatic carbocycles. The molecule has 8 nitrogen and oxygen atoms in total. The molecule has 37 heavy (non-hydrogen) atoms. The first kappa shape index (κ1) is 26.7. The second kappa shape index (κ2) is 11.8. The van der Waals surface area contributed by atoms with Gasteiger partial charge in [0.1, 0.15) is 24.4 Å². The number of benzene rings is 3. The lowest BCUT2D eigenvalue weighted by molar-refractivity contribution is -0.134. The van der Waals surface area contributed by atoms with Gasteiger partial charge in [-0.1, -0.05) is 76.9 Å². The number of aliphatic hydroxyl groups is 1.